The van der Waals surface area contributed by atoms with Crippen LogP contribution in [0.2, 0.25) is 15.1 Å². The molecular formula is C19H18Cl3N3OS. The Bertz CT molecular complexity index is 974. The van der Waals surface area contributed by atoms with E-state index in [1.54, 1.807) is 29.2 Å². The molecule has 3 rings (SSSR count). The molecule has 0 radical (unpaired) electrons. The lowest BCUT2D eigenvalue weighted by atomic mass is 10.2. The maximum Gasteiger partial charge on any atom is 0.261 e. The van der Waals surface area contributed by atoms with Gasteiger partial charge in [0.25, 0.3) is 5.91 Å². The highest BCUT2D eigenvalue weighted by molar-refractivity contribution is 7.22. The fraction of sp³-hybridized carbons (Fsp3) is 0.263. The lowest BCUT2D eigenvalue weighted by Gasteiger charge is -2.21. The van der Waals surface area contributed by atoms with Crippen molar-refractivity contribution in [2.24, 2.45) is 0 Å². The Morgan fingerprint density at radius 3 is 2.48 bits per heavy atom. The zero-order valence-electron chi connectivity index (χ0n) is 14.9. The van der Waals surface area contributed by atoms with Gasteiger partial charge in [0.2, 0.25) is 0 Å². The molecule has 27 heavy (non-hydrogen) atoms. The number of anilines is 1. The van der Waals surface area contributed by atoms with Crippen molar-refractivity contribution in [2.45, 2.75) is 6.42 Å². The summed E-state index contributed by atoms with van der Waals surface area (Å²) in [5.41, 5.74) is 1.17. The van der Waals surface area contributed by atoms with Gasteiger partial charge < -0.3 is 4.90 Å². The third kappa shape index (κ3) is 4.92. The van der Waals surface area contributed by atoms with Crippen molar-refractivity contribution < 1.29 is 4.79 Å². The Hall–Kier alpha value is -1.37. The number of halogens is 3. The van der Waals surface area contributed by atoms with Gasteiger partial charge >= 0.3 is 0 Å². The second-order valence-electron chi connectivity index (χ2n) is 6.35. The highest BCUT2D eigenvalue weighted by atomic mass is 35.5. The molecular weight excluding hydrogens is 425 g/mol. The van der Waals surface area contributed by atoms with Crippen LogP contribution in [-0.4, -0.2) is 43.0 Å². The average molecular weight is 443 g/mol. The number of thiazole rings is 1. The minimum absolute atomic E-state index is 0.216. The zero-order chi connectivity index (χ0) is 19.6. The molecule has 0 aliphatic carbocycles. The number of nitrogens with zero attached hydrogens (tertiary/aromatic N) is 3. The summed E-state index contributed by atoms with van der Waals surface area (Å²) in [6.07, 6.45) is 0.799. The van der Waals surface area contributed by atoms with Gasteiger partial charge in [-0.3, -0.25) is 9.69 Å². The summed E-state index contributed by atoms with van der Waals surface area (Å²) >= 11 is 19.8. The van der Waals surface area contributed by atoms with Crippen molar-refractivity contribution in [3.8, 4) is 0 Å². The van der Waals surface area contributed by atoms with E-state index in [1.807, 2.05) is 26.2 Å². The van der Waals surface area contributed by atoms with Gasteiger partial charge in [0.05, 0.1) is 20.8 Å². The molecule has 0 bridgehead atoms. The number of carbonyl (C=O) groups excluding carboxylic acids is 1. The van der Waals surface area contributed by atoms with E-state index in [0.717, 1.165) is 23.2 Å². The van der Waals surface area contributed by atoms with Crippen LogP contribution < -0.4 is 4.90 Å². The Morgan fingerprint density at radius 2 is 1.74 bits per heavy atom. The Labute approximate surface area is 177 Å². The predicted molar refractivity (Wildman–Crippen MR) is 116 cm³/mol. The van der Waals surface area contributed by atoms with Gasteiger partial charge in [0.1, 0.15) is 0 Å². The second-order valence-corrected chi connectivity index (χ2v) is 8.64. The first-order valence-electron chi connectivity index (χ1n) is 8.33. The van der Waals surface area contributed by atoms with Crippen molar-refractivity contribution in [1.82, 2.24) is 9.88 Å². The summed E-state index contributed by atoms with van der Waals surface area (Å²) in [5, 5.41) is 2.09. The molecule has 2 aromatic carbocycles. The molecule has 3 aromatic rings. The number of rotatable bonds is 6. The number of carbonyl (C=O) groups is 1. The third-order valence-corrected chi connectivity index (χ3v) is 5.80. The van der Waals surface area contributed by atoms with Crippen LogP contribution in [0.3, 0.4) is 0 Å². The molecule has 0 unspecified atom stereocenters. The summed E-state index contributed by atoms with van der Waals surface area (Å²) in [7, 11) is 4.00. The first-order valence-corrected chi connectivity index (χ1v) is 10.3. The predicted octanol–water partition coefficient (Wildman–Crippen LogP) is 5.86. The third-order valence-electron chi connectivity index (χ3n) is 3.96. The summed E-state index contributed by atoms with van der Waals surface area (Å²) < 4.78 is 0.931. The highest BCUT2D eigenvalue weighted by Gasteiger charge is 2.23. The second kappa shape index (κ2) is 8.76. The van der Waals surface area contributed by atoms with Crippen LogP contribution in [0.1, 0.15) is 16.8 Å². The molecule has 0 aliphatic rings. The summed E-state index contributed by atoms with van der Waals surface area (Å²) in [6.45, 7) is 1.37. The van der Waals surface area contributed by atoms with Crippen LogP contribution >= 0.6 is 46.1 Å². The molecule has 1 amide bonds. The summed E-state index contributed by atoms with van der Waals surface area (Å²) in [6, 6.07) is 10.4. The Balaban J connectivity index is 1.98. The molecule has 142 valence electrons. The fourth-order valence-corrected chi connectivity index (χ4v) is 4.27. The van der Waals surface area contributed by atoms with E-state index in [4.69, 9.17) is 34.8 Å². The van der Waals surface area contributed by atoms with Crippen molar-refractivity contribution in [3.63, 3.8) is 0 Å². The van der Waals surface area contributed by atoms with E-state index in [9.17, 15) is 4.79 Å². The van der Waals surface area contributed by atoms with E-state index in [2.05, 4.69) is 9.88 Å². The van der Waals surface area contributed by atoms with Crippen molar-refractivity contribution in [1.29, 1.82) is 0 Å². The monoisotopic (exact) mass is 441 g/mol. The van der Waals surface area contributed by atoms with E-state index in [-0.39, 0.29) is 5.91 Å². The molecule has 0 atom stereocenters. The minimum atomic E-state index is -0.216. The van der Waals surface area contributed by atoms with E-state index >= 15 is 0 Å². The van der Waals surface area contributed by atoms with Gasteiger partial charge in [-0.2, -0.15) is 0 Å². The maximum absolute atomic E-state index is 13.2. The normalized spacial score (nSPS) is 11.3. The molecule has 0 N–H and O–H groups in total. The van der Waals surface area contributed by atoms with Crippen LogP contribution in [0.5, 0.6) is 0 Å². The van der Waals surface area contributed by atoms with Crippen LogP contribution in [0.15, 0.2) is 36.4 Å². The Kier molecular flexibility index (Phi) is 6.61. The van der Waals surface area contributed by atoms with E-state index in [1.165, 1.54) is 11.3 Å². The highest BCUT2D eigenvalue weighted by Crippen LogP contribution is 2.32. The summed E-state index contributed by atoms with van der Waals surface area (Å²) in [4.78, 5) is 21.6. The molecule has 8 heteroatoms. The Morgan fingerprint density at radius 1 is 1.04 bits per heavy atom. The number of hydrogen-bond acceptors (Lipinski definition) is 4. The quantitative estimate of drug-likeness (QED) is 0.480. The van der Waals surface area contributed by atoms with Gasteiger partial charge in [-0.25, -0.2) is 4.98 Å². The molecule has 1 heterocycles. The molecule has 0 fully saturated rings. The van der Waals surface area contributed by atoms with Gasteiger partial charge in [0, 0.05) is 16.6 Å². The first kappa shape index (κ1) is 20.4. The standard InChI is InChI=1S/C19H18Cl3N3OS/c1-24(2)8-3-9-25(18(26)14-10-12(20)4-6-15(14)22)19-23-16-7-5-13(21)11-17(16)27-19/h4-7,10-11H,3,8-9H2,1-2H3. The van der Waals surface area contributed by atoms with Crippen LogP contribution in [0.25, 0.3) is 10.2 Å². The molecule has 0 spiro atoms. The molecule has 0 saturated carbocycles. The van der Waals surface area contributed by atoms with E-state index in [0.29, 0.717) is 32.3 Å². The van der Waals surface area contributed by atoms with Crippen molar-refractivity contribution in [3.05, 3.63) is 57.0 Å². The smallest absolute Gasteiger partial charge is 0.261 e. The molecule has 4 nitrogen and oxygen atoms in total. The number of hydrogen-bond donors (Lipinski definition) is 0. The molecule has 1 aromatic heterocycles. The lowest BCUT2D eigenvalue weighted by Crippen LogP contribution is -2.33. The van der Waals surface area contributed by atoms with Gasteiger partial charge in [0.15, 0.2) is 5.13 Å². The topological polar surface area (TPSA) is 36.4 Å². The maximum atomic E-state index is 13.2. The lowest BCUT2D eigenvalue weighted by molar-refractivity contribution is 0.0986. The van der Waals surface area contributed by atoms with Crippen LogP contribution in [-0.2, 0) is 0 Å². The van der Waals surface area contributed by atoms with Crippen LogP contribution in [0, 0.1) is 0 Å². The SMILES string of the molecule is CN(C)CCCN(C(=O)c1cc(Cl)ccc1Cl)c1nc2ccc(Cl)cc2s1. The number of fused-ring (bicyclic) bond motifs is 1. The van der Waals surface area contributed by atoms with E-state index < -0.39 is 0 Å². The van der Waals surface area contributed by atoms with Gasteiger partial charge in [-0.05, 0) is 63.5 Å². The summed E-state index contributed by atoms with van der Waals surface area (Å²) in [5.74, 6) is -0.216. The minimum Gasteiger partial charge on any atom is -0.309 e. The van der Waals surface area contributed by atoms with Gasteiger partial charge in [-0.1, -0.05) is 46.1 Å². The molecule has 0 saturated heterocycles. The number of benzene rings is 2. The van der Waals surface area contributed by atoms with Crippen LogP contribution in [0.4, 0.5) is 5.13 Å². The number of aromatic nitrogens is 1. The average Bonchev–Trinajstić information content (AvgIpc) is 3.02. The first-order chi connectivity index (χ1) is 12.8. The largest absolute Gasteiger partial charge is 0.309 e. The molecule has 0 aliphatic heterocycles. The fourth-order valence-electron chi connectivity index (χ4n) is 2.64. The van der Waals surface area contributed by atoms with Crippen molar-refractivity contribution in [2.75, 3.05) is 32.1 Å². The van der Waals surface area contributed by atoms with Crippen molar-refractivity contribution >= 4 is 67.4 Å². The zero-order valence-corrected chi connectivity index (χ0v) is 18.0. The number of amides is 1. The van der Waals surface area contributed by atoms with Gasteiger partial charge in [-0.15, -0.1) is 0 Å².